The highest BCUT2D eigenvalue weighted by Gasteiger charge is 2.10. The average Bonchev–Trinajstić information content (AvgIpc) is 2.94. The molecule has 2 aromatic carbocycles. The van der Waals surface area contributed by atoms with Gasteiger partial charge in [0.1, 0.15) is 5.82 Å². The first-order chi connectivity index (χ1) is 10.2. The first-order valence-electron chi connectivity index (χ1n) is 6.29. The summed E-state index contributed by atoms with van der Waals surface area (Å²) in [5.74, 6) is 0.447. The summed E-state index contributed by atoms with van der Waals surface area (Å²) in [6.45, 7) is 0.410. The zero-order valence-corrected chi connectivity index (χ0v) is 12.5. The molecule has 4 nitrogen and oxygen atoms in total. The predicted octanol–water partition coefficient (Wildman–Crippen LogP) is 4.25. The van der Waals surface area contributed by atoms with Gasteiger partial charge in [0, 0.05) is 15.7 Å². The molecule has 0 bridgehead atoms. The van der Waals surface area contributed by atoms with E-state index in [0.717, 1.165) is 5.69 Å². The van der Waals surface area contributed by atoms with E-state index in [0.29, 0.717) is 28.3 Å². The van der Waals surface area contributed by atoms with Crippen LogP contribution >= 0.6 is 15.9 Å². The molecule has 0 fully saturated rings. The van der Waals surface area contributed by atoms with Gasteiger partial charge in [-0.25, -0.2) is 4.39 Å². The maximum absolute atomic E-state index is 13.4. The fourth-order valence-electron chi connectivity index (χ4n) is 1.86. The number of aromatic nitrogens is 2. The first kappa shape index (κ1) is 13.8. The lowest BCUT2D eigenvalue weighted by Gasteiger charge is -2.01. The van der Waals surface area contributed by atoms with Crippen LogP contribution in [0.5, 0.6) is 0 Å². The van der Waals surface area contributed by atoms with Crippen molar-refractivity contribution in [2.24, 2.45) is 0 Å². The molecule has 1 aromatic heterocycles. The van der Waals surface area contributed by atoms with Crippen LogP contribution in [0.15, 0.2) is 57.5 Å². The summed E-state index contributed by atoms with van der Waals surface area (Å²) in [6, 6.07) is 14.2. The van der Waals surface area contributed by atoms with Gasteiger partial charge in [-0.2, -0.15) is 4.98 Å². The standard InChI is InChI=1S/C15H11BrFN3O/c16-11-6-10(7-12(17)8-11)15-19-14(21-20-15)9-18-13-4-2-1-3-5-13/h1-8,18H,9H2. The largest absolute Gasteiger partial charge is 0.376 e. The minimum atomic E-state index is -0.354. The van der Waals surface area contributed by atoms with E-state index < -0.39 is 0 Å². The van der Waals surface area contributed by atoms with E-state index in [9.17, 15) is 4.39 Å². The Labute approximate surface area is 129 Å². The van der Waals surface area contributed by atoms with Gasteiger partial charge < -0.3 is 9.84 Å². The van der Waals surface area contributed by atoms with Crippen molar-refractivity contribution in [1.29, 1.82) is 0 Å². The highest BCUT2D eigenvalue weighted by Crippen LogP contribution is 2.22. The summed E-state index contributed by atoms with van der Waals surface area (Å²) in [5.41, 5.74) is 1.53. The number of rotatable bonds is 4. The molecule has 0 radical (unpaired) electrons. The summed E-state index contributed by atoms with van der Waals surface area (Å²) >= 11 is 3.24. The van der Waals surface area contributed by atoms with E-state index in [1.807, 2.05) is 30.3 Å². The molecule has 0 atom stereocenters. The predicted molar refractivity (Wildman–Crippen MR) is 81.2 cm³/mol. The van der Waals surface area contributed by atoms with Gasteiger partial charge in [-0.05, 0) is 30.3 Å². The van der Waals surface area contributed by atoms with Crippen molar-refractivity contribution >= 4 is 21.6 Å². The Morgan fingerprint density at radius 1 is 1.14 bits per heavy atom. The number of halogens is 2. The van der Waals surface area contributed by atoms with E-state index in [1.165, 1.54) is 12.1 Å². The zero-order valence-electron chi connectivity index (χ0n) is 10.9. The third kappa shape index (κ3) is 3.46. The van der Waals surface area contributed by atoms with Crippen molar-refractivity contribution in [3.63, 3.8) is 0 Å². The fourth-order valence-corrected chi connectivity index (χ4v) is 2.33. The van der Waals surface area contributed by atoms with Crippen LogP contribution in [-0.4, -0.2) is 10.1 Å². The molecule has 0 aliphatic heterocycles. The van der Waals surface area contributed by atoms with Gasteiger partial charge in [0.25, 0.3) is 0 Å². The van der Waals surface area contributed by atoms with E-state index in [1.54, 1.807) is 6.07 Å². The number of para-hydroxylation sites is 1. The molecule has 0 aliphatic rings. The second-order valence-electron chi connectivity index (χ2n) is 4.39. The topological polar surface area (TPSA) is 51.0 Å². The minimum Gasteiger partial charge on any atom is -0.376 e. The van der Waals surface area contributed by atoms with E-state index >= 15 is 0 Å². The normalized spacial score (nSPS) is 10.6. The Balaban J connectivity index is 1.74. The maximum Gasteiger partial charge on any atom is 0.246 e. The Morgan fingerprint density at radius 2 is 1.95 bits per heavy atom. The molecule has 1 N–H and O–H groups in total. The Hall–Kier alpha value is -2.21. The Bertz CT molecular complexity index is 725. The SMILES string of the molecule is Fc1cc(Br)cc(-c2noc(CNc3ccccc3)n2)c1. The van der Waals surface area contributed by atoms with Crippen LogP contribution in [0.1, 0.15) is 5.89 Å². The number of hydrogen-bond acceptors (Lipinski definition) is 4. The van der Waals surface area contributed by atoms with Crippen LogP contribution < -0.4 is 5.32 Å². The first-order valence-corrected chi connectivity index (χ1v) is 7.08. The van der Waals surface area contributed by atoms with Gasteiger partial charge in [0.2, 0.25) is 11.7 Å². The molecule has 0 aliphatic carbocycles. The fraction of sp³-hybridized carbons (Fsp3) is 0.0667. The molecule has 6 heteroatoms. The molecule has 0 spiro atoms. The maximum atomic E-state index is 13.4. The molecule has 106 valence electrons. The van der Waals surface area contributed by atoms with Crippen LogP contribution in [0, 0.1) is 5.82 Å². The highest BCUT2D eigenvalue weighted by atomic mass is 79.9. The molecular weight excluding hydrogens is 337 g/mol. The smallest absolute Gasteiger partial charge is 0.246 e. The van der Waals surface area contributed by atoms with Crippen molar-refractivity contribution in [3.05, 3.63) is 64.7 Å². The summed E-state index contributed by atoms with van der Waals surface area (Å²) in [6.07, 6.45) is 0. The van der Waals surface area contributed by atoms with Crippen molar-refractivity contribution in [2.45, 2.75) is 6.54 Å². The summed E-state index contributed by atoms with van der Waals surface area (Å²) in [7, 11) is 0. The average molecular weight is 348 g/mol. The minimum absolute atomic E-state index is 0.354. The van der Waals surface area contributed by atoms with Gasteiger partial charge >= 0.3 is 0 Å². The van der Waals surface area contributed by atoms with Gasteiger partial charge in [0.15, 0.2) is 0 Å². The van der Waals surface area contributed by atoms with Gasteiger partial charge in [-0.3, -0.25) is 0 Å². The van der Waals surface area contributed by atoms with Crippen LogP contribution in [-0.2, 0) is 6.54 Å². The van der Waals surface area contributed by atoms with Crippen molar-refractivity contribution in [3.8, 4) is 11.4 Å². The number of nitrogens with zero attached hydrogens (tertiary/aromatic N) is 2. The lowest BCUT2D eigenvalue weighted by molar-refractivity contribution is 0.384. The molecule has 0 saturated heterocycles. The second-order valence-corrected chi connectivity index (χ2v) is 5.31. The highest BCUT2D eigenvalue weighted by molar-refractivity contribution is 9.10. The lowest BCUT2D eigenvalue weighted by Crippen LogP contribution is -1.99. The van der Waals surface area contributed by atoms with Crippen LogP contribution in [0.25, 0.3) is 11.4 Å². The third-order valence-corrected chi connectivity index (χ3v) is 3.26. The molecule has 1 heterocycles. The zero-order chi connectivity index (χ0) is 14.7. The molecular formula is C15H11BrFN3O. The molecule has 3 rings (SSSR count). The van der Waals surface area contributed by atoms with E-state index in [-0.39, 0.29) is 5.82 Å². The summed E-state index contributed by atoms with van der Waals surface area (Å²) < 4.78 is 19.2. The monoisotopic (exact) mass is 347 g/mol. The van der Waals surface area contributed by atoms with Crippen molar-refractivity contribution in [2.75, 3.05) is 5.32 Å². The van der Waals surface area contributed by atoms with E-state index in [4.69, 9.17) is 4.52 Å². The van der Waals surface area contributed by atoms with Gasteiger partial charge in [-0.15, -0.1) is 0 Å². The lowest BCUT2D eigenvalue weighted by atomic mass is 10.2. The second kappa shape index (κ2) is 6.05. The molecule has 0 unspecified atom stereocenters. The Morgan fingerprint density at radius 3 is 2.71 bits per heavy atom. The Kier molecular flexibility index (Phi) is 3.96. The van der Waals surface area contributed by atoms with Crippen molar-refractivity contribution < 1.29 is 8.91 Å². The van der Waals surface area contributed by atoms with Gasteiger partial charge in [-0.1, -0.05) is 39.3 Å². The molecule has 21 heavy (non-hydrogen) atoms. The number of benzene rings is 2. The molecule has 0 saturated carbocycles. The van der Waals surface area contributed by atoms with Crippen LogP contribution in [0.2, 0.25) is 0 Å². The quantitative estimate of drug-likeness (QED) is 0.766. The summed E-state index contributed by atoms with van der Waals surface area (Å²) in [4.78, 5) is 4.25. The van der Waals surface area contributed by atoms with Crippen LogP contribution in [0.4, 0.5) is 10.1 Å². The summed E-state index contributed by atoms with van der Waals surface area (Å²) in [5, 5.41) is 7.04. The number of anilines is 1. The van der Waals surface area contributed by atoms with Crippen molar-refractivity contribution in [1.82, 2.24) is 10.1 Å². The number of hydrogen-bond donors (Lipinski definition) is 1. The number of nitrogens with one attached hydrogen (secondary N) is 1. The molecule has 0 amide bonds. The van der Waals surface area contributed by atoms with E-state index in [2.05, 4.69) is 31.4 Å². The van der Waals surface area contributed by atoms with Gasteiger partial charge in [0.05, 0.1) is 6.54 Å². The van der Waals surface area contributed by atoms with Crippen LogP contribution in [0.3, 0.4) is 0 Å². The third-order valence-electron chi connectivity index (χ3n) is 2.81. The molecule has 3 aromatic rings.